The van der Waals surface area contributed by atoms with E-state index in [1.54, 1.807) is 0 Å². The summed E-state index contributed by atoms with van der Waals surface area (Å²) in [5.41, 5.74) is 2.67. The molecule has 2 bridgehead atoms. The molecule has 2 aromatic rings. The summed E-state index contributed by atoms with van der Waals surface area (Å²) in [5.74, 6) is 2.54. The molecular formula is C30H34N2O4. The molecule has 2 saturated carbocycles. The third-order valence-corrected chi connectivity index (χ3v) is 9.31. The molecule has 0 N–H and O–H groups in total. The molecule has 3 aliphatic heterocycles. The van der Waals surface area contributed by atoms with Crippen molar-refractivity contribution in [2.45, 2.75) is 76.3 Å². The van der Waals surface area contributed by atoms with E-state index in [0.717, 1.165) is 42.0 Å². The molecule has 0 radical (unpaired) electrons. The summed E-state index contributed by atoms with van der Waals surface area (Å²) < 4.78 is 18.1. The Morgan fingerprint density at radius 3 is 2.64 bits per heavy atom. The number of hydrogen-bond acceptors (Lipinski definition) is 5. The summed E-state index contributed by atoms with van der Waals surface area (Å²) in [6.45, 7) is 2.98. The number of benzene rings is 2. The molecule has 2 aliphatic carbocycles. The van der Waals surface area contributed by atoms with Crippen LogP contribution in [0.1, 0.15) is 68.9 Å². The molecule has 5 aliphatic rings. The lowest BCUT2D eigenvalue weighted by Crippen LogP contribution is -2.52. The summed E-state index contributed by atoms with van der Waals surface area (Å²) in [6, 6.07) is 16.7. The van der Waals surface area contributed by atoms with Crippen molar-refractivity contribution in [1.29, 1.82) is 0 Å². The van der Waals surface area contributed by atoms with Gasteiger partial charge in [-0.2, -0.15) is 0 Å². The molecule has 7 rings (SSSR count). The van der Waals surface area contributed by atoms with Crippen LogP contribution in [0.5, 0.6) is 11.5 Å². The Morgan fingerprint density at radius 1 is 1.00 bits per heavy atom. The second kappa shape index (κ2) is 8.62. The van der Waals surface area contributed by atoms with E-state index in [-0.39, 0.29) is 36.7 Å². The van der Waals surface area contributed by atoms with Crippen LogP contribution in [0.2, 0.25) is 0 Å². The van der Waals surface area contributed by atoms with Crippen molar-refractivity contribution in [2.24, 2.45) is 22.7 Å². The van der Waals surface area contributed by atoms with E-state index in [4.69, 9.17) is 19.2 Å². The maximum atomic E-state index is 14.1. The molecule has 188 valence electrons. The lowest BCUT2D eigenvalue weighted by Gasteiger charge is -2.38. The number of rotatable bonds is 4. The normalized spacial score (nSPS) is 33.4. The van der Waals surface area contributed by atoms with Crippen LogP contribution in [0, 0.1) is 17.8 Å². The van der Waals surface area contributed by atoms with Crippen LogP contribution >= 0.6 is 0 Å². The molecule has 5 atom stereocenters. The van der Waals surface area contributed by atoms with E-state index in [2.05, 4.69) is 37.3 Å². The van der Waals surface area contributed by atoms with Crippen LogP contribution in [0.4, 0.5) is 0 Å². The van der Waals surface area contributed by atoms with Crippen LogP contribution < -0.4 is 9.47 Å². The largest absolute Gasteiger partial charge is 0.454 e. The van der Waals surface area contributed by atoms with Gasteiger partial charge < -0.3 is 19.1 Å². The van der Waals surface area contributed by atoms with Gasteiger partial charge in [0.05, 0.1) is 5.71 Å². The van der Waals surface area contributed by atoms with Crippen molar-refractivity contribution in [2.75, 3.05) is 6.79 Å². The Labute approximate surface area is 212 Å². The van der Waals surface area contributed by atoms with Crippen molar-refractivity contribution >= 4 is 11.6 Å². The molecule has 2 aromatic carbocycles. The van der Waals surface area contributed by atoms with E-state index < -0.39 is 5.72 Å². The number of aliphatic imine (C=N–C) groups is 1. The van der Waals surface area contributed by atoms with Gasteiger partial charge in [0.25, 0.3) is 0 Å². The minimum Gasteiger partial charge on any atom is -0.454 e. The summed E-state index contributed by atoms with van der Waals surface area (Å²) in [7, 11) is 0. The van der Waals surface area contributed by atoms with Gasteiger partial charge in [-0.1, -0.05) is 62.6 Å². The minimum absolute atomic E-state index is 0.0815. The fourth-order valence-electron chi connectivity index (χ4n) is 7.28. The van der Waals surface area contributed by atoms with Crippen molar-refractivity contribution in [1.82, 2.24) is 4.90 Å². The molecular weight excluding hydrogens is 452 g/mol. The Bertz CT molecular complexity index is 1190. The van der Waals surface area contributed by atoms with Crippen molar-refractivity contribution in [3.63, 3.8) is 0 Å². The Balaban J connectivity index is 1.27. The zero-order valence-electron chi connectivity index (χ0n) is 20.9. The average molecular weight is 487 g/mol. The smallest absolute Gasteiger partial charge is 0.231 e. The highest BCUT2D eigenvalue weighted by Gasteiger charge is 2.63. The van der Waals surface area contributed by atoms with Gasteiger partial charge in [0.2, 0.25) is 12.7 Å². The van der Waals surface area contributed by atoms with E-state index in [1.807, 2.05) is 23.1 Å². The van der Waals surface area contributed by atoms with Crippen molar-refractivity contribution < 1.29 is 19.0 Å². The van der Waals surface area contributed by atoms with E-state index in [9.17, 15) is 4.79 Å². The Morgan fingerprint density at radius 2 is 1.81 bits per heavy atom. The minimum atomic E-state index is -0.738. The van der Waals surface area contributed by atoms with Crippen LogP contribution in [-0.4, -0.2) is 35.3 Å². The van der Waals surface area contributed by atoms with Gasteiger partial charge in [-0.3, -0.25) is 9.79 Å². The average Bonchev–Trinajstić information content (AvgIpc) is 3.58. The van der Waals surface area contributed by atoms with Crippen LogP contribution in [-0.2, 0) is 16.1 Å². The number of ether oxygens (including phenoxy) is 3. The number of carbonyl (C=O) groups is 1. The van der Waals surface area contributed by atoms with Gasteiger partial charge >= 0.3 is 0 Å². The predicted molar refractivity (Wildman–Crippen MR) is 136 cm³/mol. The first-order valence-electron chi connectivity index (χ1n) is 13.6. The second-order valence-electron chi connectivity index (χ2n) is 11.3. The maximum absolute atomic E-state index is 14.1. The summed E-state index contributed by atoms with van der Waals surface area (Å²) >= 11 is 0. The number of fused-ring (bicyclic) bond motifs is 2. The van der Waals surface area contributed by atoms with Gasteiger partial charge in [0.1, 0.15) is 0 Å². The van der Waals surface area contributed by atoms with E-state index in [0.29, 0.717) is 18.9 Å². The molecule has 3 fully saturated rings. The first-order chi connectivity index (χ1) is 17.6. The highest BCUT2D eigenvalue weighted by atomic mass is 16.7. The standard InChI is InChI=1S/C30H34N2O4/c1-19-23(21-8-4-2-5-9-21)15-27-30(36-28(31-27)22-10-6-3-7-11-22)16-24(19)29(33)32(30)17-20-12-13-25-26(14-20)35-18-34-25/h2,4-5,8-9,12-14,19,22-24,28H,3,6-7,10-11,15-18H2,1H3/t19-,23+,24+,28-,30+/m1/s1. The molecule has 6 nitrogen and oxygen atoms in total. The lowest BCUT2D eigenvalue weighted by atomic mass is 9.77. The van der Waals surface area contributed by atoms with Gasteiger partial charge in [-0.15, -0.1) is 0 Å². The molecule has 1 saturated heterocycles. The van der Waals surface area contributed by atoms with Gasteiger partial charge in [-0.25, -0.2) is 0 Å². The molecule has 6 heteroatoms. The fourth-order valence-corrected chi connectivity index (χ4v) is 7.28. The van der Waals surface area contributed by atoms with Gasteiger partial charge in [-0.05, 0) is 54.4 Å². The highest BCUT2D eigenvalue weighted by Crippen LogP contribution is 2.54. The SMILES string of the molecule is C[C@H]1[C@@H]2C[C@@]3(O[C@H](C4CCCCC4)N=C3C[C@@H]1c1ccccc1)N(Cc1ccc3c(c1)OCO3)C2=O. The lowest BCUT2D eigenvalue weighted by molar-refractivity contribution is -0.155. The molecule has 3 heterocycles. The number of carbonyl (C=O) groups excluding carboxylic acids is 1. The van der Waals surface area contributed by atoms with Gasteiger partial charge in [0.15, 0.2) is 23.5 Å². The number of amides is 1. The monoisotopic (exact) mass is 486 g/mol. The van der Waals surface area contributed by atoms with Crippen molar-refractivity contribution in [3.8, 4) is 11.5 Å². The predicted octanol–water partition coefficient (Wildman–Crippen LogP) is 5.66. The zero-order valence-corrected chi connectivity index (χ0v) is 20.9. The van der Waals surface area contributed by atoms with Gasteiger partial charge in [0, 0.05) is 24.8 Å². The third-order valence-electron chi connectivity index (χ3n) is 9.31. The first kappa shape index (κ1) is 22.3. The molecule has 1 spiro atoms. The molecule has 0 unspecified atom stereocenters. The zero-order chi connectivity index (χ0) is 24.3. The van der Waals surface area contributed by atoms with Crippen LogP contribution in [0.25, 0.3) is 0 Å². The number of likely N-dealkylation sites (tertiary alicyclic amines) is 1. The van der Waals surface area contributed by atoms with Crippen LogP contribution in [0.3, 0.4) is 0 Å². The van der Waals surface area contributed by atoms with Crippen LogP contribution in [0.15, 0.2) is 53.5 Å². The molecule has 1 amide bonds. The summed E-state index contributed by atoms with van der Waals surface area (Å²) in [4.78, 5) is 21.4. The van der Waals surface area contributed by atoms with Crippen molar-refractivity contribution in [3.05, 3.63) is 59.7 Å². The molecule has 36 heavy (non-hydrogen) atoms. The third kappa shape index (κ3) is 3.48. The molecule has 0 aromatic heterocycles. The quantitative estimate of drug-likeness (QED) is 0.559. The van der Waals surface area contributed by atoms with E-state index in [1.165, 1.54) is 24.8 Å². The second-order valence-corrected chi connectivity index (χ2v) is 11.3. The number of hydrogen-bond donors (Lipinski definition) is 0. The first-order valence-corrected chi connectivity index (χ1v) is 13.6. The Kier molecular flexibility index (Phi) is 5.35. The Hall–Kier alpha value is -2.86. The van der Waals surface area contributed by atoms with E-state index >= 15 is 0 Å². The topological polar surface area (TPSA) is 60.4 Å². The maximum Gasteiger partial charge on any atom is 0.231 e. The highest BCUT2D eigenvalue weighted by molar-refractivity contribution is 6.01. The summed E-state index contributed by atoms with van der Waals surface area (Å²) in [5, 5.41) is 0. The fraction of sp³-hybridized carbons (Fsp3) is 0.533. The number of nitrogens with zero attached hydrogens (tertiary/aromatic N) is 2. The summed E-state index contributed by atoms with van der Waals surface area (Å²) in [6.07, 6.45) is 7.51.